The molecule has 1 fully saturated rings. The molecule has 1 saturated heterocycles. The Morgan fingerprint density at radius 1 is 1.26 bits per heavy atom. The van der Waals surface area contributed by atoms with E-state index in [1.807, 2.05) is 0 Å². The number of piperidine rings is 1. The smallest absolute Gasteiger partial charge is 0.243 e. The number of nitrogens with two attached hydrogens (primary N) is 2. The minimum Gasteiger partial charge on any atom is -0.399 e. The van der Waals surface area contributed by atoms with Gasteiger partial charge in [-0.1, -0.05) is 6.07 Å². The number of benzene rings is 1. The van der Waals surface area contributed by atoms with Gasteiger partial charge < -0.3 is 11.5 Å². The first-order valence-corrected chi connectivity index (χ1v) is 7.50. The molecule has 0 atom stereocenters. The number of sulfonamides is 1. The van der Waals surface area contributed by atoms with Crippen molar-refractivity contribution in [3.63, 3.8) is 0 Å². The fraction of sp³-hybridized carbons (Fsp3) is 0.417. The highest BCUT2D eigenvalue weighted by atomic mass is 32.2. The Balaban J connectivity index is 2.16. The number of rotatable bonds is 3. The molecule has 6 nitrogen and oxygen atoms in total. The highest BCUT2D eigenvalue weighted by Crippen LogP contribution is 2.24. The van der Waals surface area contributed by atoms with E-state index in [4.69, 9.17) is 11.5 Å². The molecule has 1 aliphatic rings. The van der Waals surface area contributed by atoms with Gasteiger partial charge in [-0.15, -0.1) is 0 Å². The SMILES string of the molecule is NC(=O)C1CCN(S(=O)(=O)c2cccc(N)c2)CC1. The summed E-state index contributed by atoms with van der Waals surface area (Å²) in [6, 6.07) is 6.21. The van der Waals surface area contributed by atoms with Crippen molar-refractivity contribution in [3.8, 4) is 0 Å². The van der Waals surface area contributed by atoms with Gasteiger partial charge in [0, 0.05) is 24.7 Å². The number of amides is 1. The minimum atomic E-state index is -3.53. The fourth-order valence-corrected chi connectivity index (χ4v) is 3.73. The lowest BCUT2D eigenvalue weighted by atomic mass is 9.98. The van der Waals surface area contributed by atoms with Crippen molar-refractivity contribution in [2.24, 2.45) is 11.7 Å². The summed E-state index contributed by atoms with van der Waals surface area (Å²) in [5.41, 5.74) is 11.2. The Hall–Kier alpha value is -1.60. The molecule has 1 aromatic carbocycles. The lowest BCUT2D eigenvalue weighted by molar-refractivity contribution is -0.122. The van der Waals surface area contributed by atoms with Crippen LogP contribution in [-0.2, 0) is 14.8 Å². The molecule has 0 aliphatic carbocycles. The summed E-state index contributed by atoms with van der Waals surface area (Å²) >= 11 is 0. The van der Waals surface area contributed by atoms with E-state index in [0.29, 0.717) is 31.6 Å². The van der Waals surface area contributed by atoms with E-state index in [-0.39, 0.29) is 16.7 Å². The summed E-state index contributed by atoms with van der Waals surface area (Å²) < 4.78 is 26.1. The molecule has 0 radical (unpaired) electrons. The summed E-state index contributed by atoms with van der Waals surface area (Å²) in [5.74, 6) is -0.590. The van der Waals surface area contributed by atoms with Crippen LogP contribution in [0.2, 0.25) is 0 Å². The first kappa shape index (κ1) is 13.8. The van der Waals surface area contributed by atoms with E-state index < -0.39 is 10.0 Å². The van der Waals surface area contributed by atoms with E-state index >= 15 is 0 Å². The second kappa shape index (κ2) is 5.18. The molecule has 0 unspecified atom stereocenters. The zero-order valence-electron chi connectivity index (χ0n) is 10.5. The first-order chi connectivity index (χ1) is 8.91. The van der Waals surface area contributed by atoms with Crippen LogP contribution >= 0.6 is 0 Å². The second-order valence-corrected chi connectivity index (χ2v) is 6.59. The van der Waals surface area contributed by atoms with Crippen molar-refractivity contribution in [1.29, 1.82) is 0 Å². The monoisotopic (exact) mass is 283 g/mol. The normalized spacial score (nSPS) is 18.3. The van der Waals surface area contributed by atoms with Gasteiger partial charge in [0.2, 0.25) is 15.9 Å². The Morgan fingerprint density at radius 2 is 1.89 bits per heavy atom. The molecule has 1 heterocycles. The zero-order chi connectivity index (χ0) is 14.0. The molecule has 0 aromatic heterocycles. The van der Waals surface area contributed by atoms with Crippen LogP contribution in [0.15, 0.2) is 29.2 Å². The van der Waals surface area contributed by atoms with Gasteiger partial charge >= 0.3 is 0 Å². The number of carbonyl (C=O) groups excluding carboxylic acids is 1. The summed E-state index contributed by atoms with van der Waals surface area (Å²) in [4.78, 5) is 11.2. The van der Waals surface area contributed by atoms with Crippen LogP contribution in [0.25, 0.3) is 0 Å². The molecule has 0 saturated carbocycles. The number of hydrogen-bond acceptors (Lipinski definition) is 4. The van der Waals surface area contributed by atoms with Gasteiger partial charge in [0.1, 0.15) is 0 Å². The highest BCUT2D eigenvalue weighted by Gasteiger charge is 2.31. The molecule has 1 amide bonds. The Kier molecular flexibility index (Phi) is 3.77. The molecular formula is C12H17N3O3S. The van der Waals surface area contributed by atoms with E-state index in [2.05, 4.69) is 0 Å². The molecule has 1 aromatic rings. The minimum absolute atomic E-state index is 0.185. The molecule has 0 spiro atoms. The second-order valence-electron chi connectivity index (χ2n) is 4.65. The number of primary amides is 1. The summed E-state index contributed by atoms with van der Waals surface area (Å²) in [7, 11) is -3.53. The van der Waals surface area contributed by atoms with Gasteiger partial charge in [0.05, 0.1) is 4.90 Å². The van der Waals surface area contributed by atoms with Gasteiger partial charge in [0.25, 0.3) is 0 Å². The van der Waals surface area contributed by atoms with Crippen LogP contribution < -0.4 is 11.5 Å². The Morgan fingerprint density at radius 3 is 2.42 bits per heavy atom. The number of anilines is 1. The van der Waals surface area contributed by atoms with E-state index in [0.717, 1.165) is 0 Å². The summed E-state index contributed by atoms with van der Waals surface area (Å²) in [6.07, 6.45) is 0.938. The summed E-state index contributed by atoms with van der Waals surface area (Å²) in [5, 5.41) is 0. The average molecular weight is 283 g/mol. The zero-order valence-corrected chi connectivity index (χ0v) is 11.3. The average Bonchev–Trinajstić information content (AvgIpc) is 2.39. The molecular weight excluding hydrogens is 266 g/mol. The molecule has 0 bridgehead atoms. The Labute approximate surface area is 112 Å². The molecule has 19 heavy (non-hydrogen) atoms. The molecule has 2 rings (SSSR count). The van der Waals surface area contributed by atoms with Crippen molar-refractivity contribution in [2.45, 2.75) is 17.7 Å². The largest absolute Gasteiger partial charge is 0.399 e. The number of hydrogen-bond donors (Lipinski definition) is 2. The highest BCUT2D eigenvalue weighted by molar-refractivity contribution is 7.89. The standard InChI is InChI=1S/C12H17N3O3S/c13-10-2-1-3-11(8-10)19(17,18)15-6-4-9(5-7-15)12(14)16/h1-3,8-9H,4-7,13H2,(H2,14,16). The van der Waals surface area contributed by atoms with Gasteiger partial charge in [-0.3, -0.25) is 4.79 Å². The molecule has 4 N–H and O–H groups in total. The van der Waals surface area contributed by atoms with Crippen molar-refractivity contribution in [1.82, 2.24) is 4.31 Å². The van der Waals surface area contributed by atoms with Crippen molar-refractivity contribution < 1.29 is 13.2 Å². The van der Waals surface area contributed by atoms with Crippen LogP contribution in [-0.4, -0.2) is 31.7 Å². The van der Waals surface area contributed by atoms with Crippen molar-refractivity contribution in [3.05, 3.63) is 24.3 Å². The van der Waals surface area contributed by atoms with Crippen LogP contribution in [0.4, 0.5) is 5.69 Å². The van der Waals surface area contributed by atoms with Crippen LogP contribution in [0, 0.1) is 5.92 Å². The maximum absolute atomic E-state index is 12.4. The third-order valence-electron chi connectivity index (χ3n) is 3.35. The number of nitrogen functional groups attached to an aromatic ring is 1. The third-order valence-corrected chi connectivity index (χ3v) is 5.25. The number of carbonyl (C=O) groups is 1. The van der Waals surface area contributed by atoms with Crippen LogP contribution in [0.5, 0.6) is 0 Å². The van der Waals surface area contributed by atoms with E-state index in [1.165, 1.54) is 16.4 Å². The third kappa shape index (κ3) is 2.87. The quantitative estimate of drug-likeness (QED) is 0.770. The molecule has 104 valence electrons. The number of nitrogens with zero attached hydrogens (tertiary/aromatic N) is 1. The van der Waals surface area contributed by atoms with Crippen molar-refractivity contribution in [2.75, 3.05) is 18.8 Å². The lowest BCUT2D eigenvalue weighted by Gasteiger charge is -2.29. The van der Waals surface area contributed by atoms with Crippen LogP contribution in [0.3, 0.4) is 0 Å². The fourth-order valence-electron chi connectivity index (χ4n) is 2.20. The topological polar surface area (TPSA) is 106 Å². The maximum atomic E-state index is 12.4. The Bertz CT molecular complexity index is 578. The van der Waals surface area contributed by atoms with Gasteiger partial charge in [-0.25, -0.2) is 8.42 Å². The van der Waals surface area contributed by atoms with Gasteiger partial charge in [-0.2, -0.15) is 4.31 Å². The van der Waals surface area contributed by atoms with E-state index in [1.54, 1.807) is 12.1 Å². The van der Waals surface area contributed by atoms with Gasteiger partial charge in [0.15, 0.2) is 0 Å². The predicted octanol–water partition coefficient (Wildman–Crippen LogP) is 0.155. The van der Waals surface area contributed by atoms with Crippen LogP contribution in [0.1, 0.15) is 12.8 Å². The maximum Gasteiger partial charge on any atom is 0.243 e. The summed E-state index contributed by atoms with van der Waals surface area (Å²) in [6.45, 7) is 0.621. The van der Waals surface area contributed by atoms with E-state index in [9.17, 15) is 13.2 Å². The lowest BCUT2D eigenvalue weighted by Crippen LogP contribution is -2.41. The van der Waals surface area contributed by atoms with Gasteiger partial charge in [-0.05, 0) is 31.0 Å². The van der Waals surface area contributed by atoms with Crippen molar-refractivity contribution >= 4 is 21.6 Å². The molecule has 7 heteroatoms. The first-order valence-electron chi connectivity index (χ1n) is 6.06. The molecule has 1 aliphatic heterocycles. The predicted molar refractivity (Wildman–Crippen MR) is 71.5 cm³/mol.